The van der Waals surface area contributed by atoms with Gasteiger partial charge >= 0.3 is 0 Å². The van der Waals surface area contributed by atoms with Gasteiger partial charge < -0.3 is 29.4 Å². The van der Waals surface area contributed by atoms with Gasteiger partial charge in [-0.25, -0.2) is 0 Å². The summed E-state index contributed by atoms with van der Waals surface area (Å²) >= 11 is 5.74. The first-order valence-electron chi connectivity index (χ1n) is 10.7. The number of hydrogen-bond donors (Lipinski definition) is 2. The molecule has 2 aromatic carbocycles. The van der Waals surface area contributed by atoms with Gasteiger partial charge in [-0.15, -0.1) is 0 Å². The van der Waals surface area contributed by atoms with Gasteiger partial charge in [0, 0.05) is 35.9 Å². The molecule has 1 aromatic heterocycles. The number of H-pyrrole nitrogens is 1. The molecule has 2 aliphatic rings. The number of anilines is 1. The van der Waals surface area contributed by atoms with Gasteiger partial charge in [-0.3, -0.25) is 4.79 Å². The molecule has 8 heteroatoms. The molecule has 0 spiro atoms. The molecule has 3 heterocycles. The minimum atomic E-state index is -0.146. The van der Waals surface area contributed by atoms with E-state index in [2.05, 4.69) is 10.3 Å². The predicted octanol–water partition coefficient (Wildman–Crippen LogP) is 3.94. The van der Waals surface area contributed by atoms with Gasteiger partial charge in [-0.05, 0) is 56.2 Å². The number of aromatic nitrogens is 1. The van der Waals surface area contributed by atoms with Gasteiger partial charge in [0.1, 0.15) is 0 Å². The van der Waals surface area contributed by atoms with E-state index in [-0.39, 0.29) is 18.5 Å². The van der Waals surface area contributed by atoms with Gasteiger partial charge in [-0.1, -0.05) is 17.7 Å². The van der Waals surface area contributed by atoms with E-state index in [9.17, 15) is 4.79 Å². The molecule has 2 N–H and O–H groups in total. The molecule has 1 saturated heterocycles. The van der Waals surface area contributed by atoms with Crippen molar-refractivity contribution in [3.63, 3.8) is 0 Å². The van der Waals surface area contributed by atoms with Crippen molar-refractivity contribution >= 4 is 33.9 Å². The monoisotopic (exact) mass is 451 g/mol. The van der Waals surface area contributed by atoms with Crippen molar-refractivity contribution in [2.75, 3.05) is 25.3 Å². The maximum Gasteiger partial charge on any atom is 0.253 e. The molecule has 166 valence electrons. The molecule has 1 atom stereocenters. The Kier molecular flexibility index (Phi) is 5.71. The zero-order valence-corrected chi connectivity index (χ0v) is 18.7. The number of ether oxygens (including phenoxy) is 3. The number of aryl methyl sites for hydroxylation is 1. The highest BCUT2D eigenvalue weighted by molar-refractivity contribution is 7.80. The fourth-order valence-corrected chi connectivity index (χ4v) is 4.31. The standard InChI is InChI=1S/C24H25N3O4S/c1-15-4-6-18(7-5-15)25-24(32)27(13-19-3-2-8-29-19)12-17-9-16-10-21-22(31-14-30-21)11-20(16)26-23(17)28/h4-7,9-11,19H,2-3,8,12-14H2,1H3,(H,25,32)(H,26,28)/t19-/m0/s1. The van der Waals surface area contributed by atoms with Gasteiger partial charge in [0.25, 0.3) is 5.56 Å². The second kappa shape index (κ2) is 8.80. The lowest BCUT2D eigenvalue weighted by Gasteiger charge is -2.28. The lowest BCUT2D eigenvalue weighted by Crippen LogP contribution is -2.40. The molecule has 5 rings (SSSR count). The van der Waals surface area contributed by atoms with Crippen molar-refractivity contribution in [2.24, 2.45) is 0 Å². The maximum atomic E-state index is 12.9. The summed E-state index contributed by atoms with van der Waals surface area (Å²) in [5.74, 6) is 1.33. The Bertz CT molecular complexity index is 1200. The highest BCUT2D eigenvalue weighted by atomic mass is 32.1. The van der Waals surface area contributed by atoms with Crippen LogP contribution in [0, 0.1) is 6.92 Å². The summed E-state index contributed by atoms with van der Waals surface area (Å²) in [7, 11) is 0. The fourth-order valence-electron chi connectivity index (χ4n) is 4.06. The van der Waals surface area contributed by atoms with Crippen molar-refractivity contribution in [1.29, 1.82) is 0 Å². The van der Waals surface area contributed by atoms with Crippen LogP contribution >= 0.6 is 12.2 Å². The third kappa shape index (κ3) is 4.42. The second-order valence-corrected chi connectivity index (χ2v) is 8.61. The van der Waals surface area contributed by atoms with Gasteiger partial charge in [0.15, 0.2) is 16.6 Å². The van der Waals surface area contributed by atoms with Crippen LogP contribution in [0.4, 0.5) is 5.69 Å². The number of nitrogens with zero attached hydrogens (tertiary/aromatic N) is 1. The molecule has 0 bridgehead atoms. The van der Waals surface area contributed by atoms with E-state index in [0.717, 1.165) is 30.5 Å². The Balaban J connectivity index is 1.42. The number of fused-ring (bicyclic) bond motifs is 2. The van der Waals surface area contributed by atoms with Crippen LogP contribution in [0.3, 0.4) is 0 Å². The van der Waals surface area contributed by atoms with Crippen LogP contribution in [-0.4, -0.2) is 41.0 Å². The van der Waals surface area contributed by atoms with E-state index < -0.39 is 0 Å². The van der Waals surface area contributed by atoms with Crippen LogP contribution < -0.4 is 20.3 Å². The summed E-state index contributed by atoms with van der Waals surface area (Å²) in [6.45, 7) is 4.00. The molecule has 3 aromatic rings. The second-order valence-electron chi connectivity index (χ2n) is 8.23. The number of benzene rings is 2. The topological polar surface area (TPSA) is 75.8 Å². The average molecular weight is 452 g/mol. The van der Waals surface area contributed by atoms with E-state index in [1.165, 1.54) is 5.56 Å². The van der Waals surface area contributed by atoms with Crippen LogP contribution in [0.5, 0.6) is 11.5 Å². The molecule has 0 radical (unpaired) electrons. The summed E-state index contributed by atoms with van der Waals surface area (Å²) < 4.78 is 16.7. The number of pyridine rings is 1. The van der Waals surface area contributed by atoms with Crippen molar-refractivity contribution < 1.29 is 14.2 Å². The maximum absolute atomic E-state index is 12.9. The summed E-state index contributed by atoms with van der Waals surface area (Å²) in [4.78, 5) is 17.9. The van der Waals surface area contributed by atoms with Gasteiger partial charge in [-0.2, -0.15) is 0 Å². The average Bonchev–Trinajstić information content (AvgIpc) is 3.45. The quantitative estimate of drug-likeness (QED) is 0.569. The van der Waals surface area contributed by atoms with E-state index in [1.807, 2.05) is 48.2 Å². The molecular weight excluding hydrogens is 426 g/mol. The first-order chi connectivity index (χ1) is 15.5. The highest BCUT2D eigenvalue weighted by Crippen LogP contribution is 2.35. The molecule has 32 heavy (non-hydrogen) atoms. The molecule has 0 aliphatic carbocycles. The minimum absolute atomic E-state index is 0.0983. The normalized spacial score (nSPS) is 17.0. The number of rotatable bonds is 5. The number of nitrogens with one attached hydrogen (secondary N) is 2. The molecular formula is C24H25N3O4S. The molecule has 0 saturated carbocycles. The van der Waals surface area contributed by atoms with Crippen molar-refractivity contribution in [2.45, 2.75) is 32.4 Å². The van der Waals surface area contributed by atoms with Crippen LogP contribution in [-0.2, 0) is 11.3 Å². The largest absolute Gasteiger partial charge is 0.454 e. The zero-order chi connectivity index (χ0) is 22.1. The molecule has 7 nitrogen and oxygen atoms in total. The van der Waals surface area contributed by atoms with Crippen molar-refractivity contribution in [3.05, 3.63) is 63.9 Å². The van der Waals surface area contributed by atoms with Gasteiger partial charge in [0.05, 0.1) is 18.2 Å². The summed E-state index contributed by atoms with van der Waals surface area (Å²) in [5, 5.41) is 4.76. The smallest absolute Gasteiger partial charge is 0.253 e. The lowest BCUT2D eigenvalue weighted by molar-refractivity contribution is 0.0904. The number of thiocarbonyl (C=S) groups is 1. The summed E-state index contributed by atoms with van der Waals surface area (Å²) in [6, 6.07) is 13.7. The fraction of sp³-hybridized carbons (Fsp3) is 0.333. The Morgan fingerprint density at radius 1 is 1.19 bits per heavy atom. The molecule has 0 unspecified atom stereocenters. The molecule has 0 amide bonds. The van der Waals surface area contributed by atoms with Crippen LogP contribution in [0.2, 0.25) is 0 Å². The summed E-state index contributed by atoms with van der Waals surface area (Å²) in [6.07, 6.45) is 2.13. The third-order valence-corrected chi connectivity index (χ3v) is 6.17. The Morgan fingerprint density at radius 2 is 1.97 bits per heavy atom. The van der Waals surface area contributed by atoms with E-state index in [4.69, 9.17) is 26.4 Å². The van der Waals surface area contributed by atoms with Crippen molar-refractivity contribution in [3.8, 4) is 11.5 Å². The van der Waals surface area contributed by atoms with Crippen LogP contribution in [0.25, 0.3) is 10.9 Å². The number of aromatic amines is 1. The van der Waals surface area contributed by atoms with E-state index in [0.29, 0.717) is 40.8 Å². The first-order valence-corrected chi connectivity index (χ1v) is 11.2. The summed E-state index contributed by atoms with van der Waals surface area (Å²) in [5.41, 5.74) is 3.29. The Labute approximate surface area is 191 Å². The van der Waals surface area contributed by atoms with E-state index in [1.54, 1.807) is 6.07 Å². The zero-order valence-electron chi connectivity index (χ0n) is 17.8. The highest BCUT2D eigenvalue weighted by Gasteiger charge is 2.23. The minimum Gasteiger partial charge on any atom is -0.454 e. The third-order valence-electron chi connectivity index (χ3n) is 5.81. The van der Waals surface area contributed by atoms with Crippen LogP contribution in [0.15, 0.2) is 47.3 Å². The van der Waals surface area contributed by atoms with E-state index >= 15 is 0 Å². The number of hydrogen-bond acceptors (Lipinski definition) is 5. The predicted molar refractivity (Wildman–Crippen MR) is 127 cm³/mol. The van der Waals surface area contributed by atoms with Gasteiger partial charge in [0.2, 0.25) is 6.79 Å². The molecule has 1 fully saturated rings. The molecule has 2 aliphatic heterocycles. The Morgan fingerprint density at radius 3 is 2.72 bits per heavy atom. The first kappa shape index (κ1) is 20.8. The van der Waals surface area contributed by atoms with Crippen LogP contribution in [0.1, 0.15) is 24.0 Å². The Hall–Kier alpha value is -3.10. The lowest BCUT2D eigenvalue weighted by atomic mass is 10.1. The SMILES string of the molecule is Cc1ccc(NC(=S)N(Cc2cc3cc4c(cc3[nH]c2=O)OCO4)C[C@@H]2CCCO2)cc1. The van der Waals surface area contributed by atoms with Crippen molar-refractivity contribution in [1.82, 2.24) is 9.88 Å².